The molecule has 0 saturated heterocycles. The number of rotatable bonds is 12. The summed E-state index contributed by atoms with van der Waals surface area (Å²) in [5.41, 5.74) is 1.73. The molecule has 3 aromatic carbocycles. The zero-order valence-corrected chi connectivity index (χ0v) is 25.6. The molecule has 2 amide bonds. The summed E-state index contributed by atoms with van der Waals surface area (Å²) in [6.45, 7) is 5.40. The van der Waals surface area contributed by atoms with E-state index in [2.05, 4.69) is 5.32 Å². The molecule has 0 spiro atoms. The Labute approximate surface area is 251 Å². The Morgan fingerprint density at radius 2 is 1.65 bits per heavy atom. The summed E-state index contributed by atoms with van der Waals surface area (Å²) < 4.78 is 28.7. The second-order valence-corrected chi connectivity index (χ2v) is 12.5. The molecule has 1 unspecified atom stereocenters. The van der Waals surface area contributed by atoms with Crippen LogP contribution in [-0.2, 0) is 26.2 Å². The van der Waals surface area contributed by atoms with Gasteiger partial charge in [0.05, 0.1) is 20.6 Å². The van der Waals surface area contributed by atoms with Crippen molar-refractivity contribution in [3.8, 4) is 0 Å². The predicted octanol–water partition coefficient (Wildman–Crippen LogP) is 6.48. The van der Waals surface area contributed by atoms with Gasteiger partial charge in [-0.05, 0) is 68.3 Å². The minimum absolute atomic E-state index is 0.00345. The van der Waals surface area contributed by atoms with Gasteiger partial charge < -0.3 is 10.2 Å². The summed E-state index contributed by atoms with van der Waals surface area (Å²) in [6.07, 6.45) is 1.69. The molecule has 3 aromatic rings. The van der Waals surface area contributed by atoms with Crippen molar-refractivity contribution in [2.24, 2.45) is 0 Å². The number of sulfonamides is 1. The molecule has 1 atom stereocenters. The van der Waals surface area contributed by atoms with Crippen LogP contribution in [-0.4, -0.2) is 44.3 Å². The Bertz CT molecular complexity index is 1450. The van der Waals surface area contributed by atoms with Gasteiger partial charge in [-0.15, -0.1) is 0 Å². The lowest BCUT2D eigenvalue weighted by atomic mass is 10.1. The number of hydrogen-bond donors (Lipinski definition) is 1. The van der Waals surface area contributed by atoms with E-state index in [0.717, 1.165) is 22.7 Å². The third-order valence-electron chi connectivity index (χ3n) is 6.32. The Kier molecular flexibility index (Phi) is 11.3. The van der Waals surface area contributed by atoms with E-state index in [1.54, 1.807) is 43.3 Å². The van der Waals surface area contributed by atoms with E-state index >= 15 is 0 Å². The normalized spacial score (nSPS) is 12.1. The molecule has 40 heavy (non-hydrogen) atoms. The zero-order chi connectivity index (χ0) is 29.4. The highest BCUT2D eigenvalue weighted by atomic mass is 35.5. The minimum atomic E-state index is -4.21. The second-order valence-electron chi connectivity index (χ2n) is 9.40. The fourth-order valence-electron chi connectivity index (χ4n) is 3.96. The van der Waals surface area contributed by atoms with Gasteiger partial charge in [0.1, 0.15) is 12.6 Å². The van der Waals surface area contributed by atoms with Crippen molar-refractivity contribution >= 4 is 62.3 Å². The van der Waals surface area contributed by atoms with Gasteiger partial charge in [-0.25, -0.2) is 8.42 Å². The Morgan fingerprint density at radius 1 is 0.950 bits per heavy atom. The number of carbonyl (C=O) groups excluding carboxylic acids is 2. The number of halogens is 3. The standard InChI is InChI=1S/C29H32Cl3N3O4S/c1-4-5-15-33-29(37)21(3)34(18-22-7-6-8-23(30)16-22)28(36)19-35(24-11-14-26(31)27(32)17-24)40(38,39)25-12-9-20(2)10-13-25/h6-14,16-17,21H,4-5,15,18-19H2,1-3H3,(H,33,37). The highest BCUT2D eigenvalue weighted by Crippen LogP contribution is 2.31. The maximum atomic E-state index is 13.9. The number of anilines is 1. The minimum Gasteiger partial charge on any atom is -0.354 e. The maximum absolute atomic E-state index is 13.9. The molecule has 0 aliphatic heterocycles. The first-order valence-electron chi connectivity index (χ1n) is 12.8. The molecule has 7 nitrogen and oxygen atoms in total. The van der Waals surface area contributed by atoms with Crippen molar-refractivity contribution < 1.29 is 18.0 Å². The third kappa shape index (κ3) is 8.13. The molecule has 0 aliphatic carbocycles. The van der Waals surface area contributed by atoms with Crippen LogP contribution in [0.5, 0.6) is 0 Å². The van der Waals surface area contributed by atoms with Crippen LogP contribution in [0.2, 0.25) is 15.1 Å². The van der Waals surface area contributed by atoms with Crippen LogP contribution in [0.1, 0.15) is 37.8 Å². The van der Waals surface area contributed by atoms with E-state index < -0.39 is 28.5 Å². The molecule has 11 heteroatoms. The fraction of sp³-hybridized carbons (Fsp3) is 0.310. The Balaban J connectivity index is 2.03. The largest absolute Gasteiger partial charge is 0.354 e. The smallest absolute Gasteiger partial charge is 0.264 e. The number of carbonyl (C=O) groups is 2. The third-order valence-corrected chi connectivity index (χ3v) is 9.08. The molecular weight excluding hydrogens is 593 g/mol. The summed E-state index contributed by atoms with van der Waals surface area (Å²) in [5, 5.41) is 3.70. The first-order chi connectivity index (χ1) is 18.9. The monoisotopic (exact) mass is 623 g/mol. The zero-order valence-electron chi connectivity index (χ0n) is 22.5. The lowest BCUT2D eigenvalue weighted by molar-refractivity contribution is -0.139. The lowest BCUT2D eigenvalue weighted by Gasteiger charge is -2.32. The molecule has 0 aliphatic rings. The molecule has 0 bridgehead atoms. The van der Waals surface area contributed by atoms with Gasteiger partial charge in [0, 0.05) is 18.1 Å². The van der Waals surface area contributed by atoms with Crippen LogP contribution in [0, 0.1) is 6.92 Å². The number of nitrogens with zero attached hydrogens (tertiary/aromatic N) is 2. The molecule has 0 heterocycles. The summed E-state index contributed by atoms with van der Waals surface area (Å²) in [6, 6.07) is 16.7. The van der Waals surface area contributed by atoms with E-state index in [1.165, 1.54) is 35.2 Å². The topological polar surface area (TPSA) is 86.8 Å². The number of aryl methyl sites for hydroxylation is 1. The summed E-state index contributed by atoms with van der Waals surface area (Å²) in [7, 11) is -4.21. The number of hydrogen-bond acceptors (Lipinski definition) is 4. The van der Waals surface area contributed by atoms with Crippen LogP contribution in [0.15, 0.2) is 71.6 Å². The van der Waals surface area contributed by atoms with Crippen LogP contribution >= 0.6 is 34.8 Å². The number of nitrogens with one attached hydrogen (secondary N) is 1. The Hall–Kier alpha value is -2.78. The average Bonchev–Trinajstić information content (AvgIpc) is 2.91. The highest BCUT2D eigenvalue weighted by Gasteiger charge is 2.32. The summed E-state index contributed by atoms with van der Waals surface area (Å²) >= 11 is 18.5. The van der Waals surface area contributed by atoms with Crippen molar-refractivity contribution in [2.45, 2.75) is 51.1 Å². The van der Waals surface area contributed by atoms with E-state index in [9.17, 15) is 18.0 Å². The van der Waals surface area contributed by atoms with Crippen molar-refractivity contribution in [3.05, 3.63) is 92.9 Å². The molecule has 0 saturated carbocycles. The molecule has 3 rings (SSSR count). The van der Waals surface area contributed by atoms with Crippen LogP contribution in [0.4, 0.5) is 5.69 Å². The van der Waals surface area contributed by atoms with E-state index in [1.807, 2.05) is 13.8 Å². The van der Waals surface area contributed by atoms with Crippen LogP contribution in [0.25, 0.3) is 0 Å². The van der Waals surface area contributed by atoms with Crippen molar-refractivity contribution in [1.29, 1.82) is 0 Å². The van der Waals surface area contributed by atoms with Gasteiger partial charge in [0.15, 0.2) is 0 Å². The first-order valence-corrected chi connectivity index (χ1v) is 15.4. The predicted molar refractivity (Wildman–Crippen MR) is 162 cm³/mol. The molecule has 1 N–H and O–H groups in total. The molecule has 214 valence electrons. The fourth-order valence-corrected chi connectivity index (χ4v) is 5.87. The first kappa shape index (κ1) is 31.7. The van der Waals surface area contributed by atoms with Crippen LogP contribution in [0.3, 0.4) is 0 Å². The molecule has 0 radical (unpaired) electrons. The average molecular weight is 625 g/mol. The summed E-state index contributed by atoms with van der Waals surface area (Å²) in [5.74, 6) is -0.925. The number of benzene rings is 3. The van der Waals surface area contributed by atoms with Gasteiger partial charge >= 0.3 is 0 Å². The van der Waals surface area contributed by atoms with Crippen molar-refractivity contribution in [2.75, 3.05) is 17.4 Å². The molecular formula is C29H32Cl3N3O4S. The lowest BCUT2D eigenvalue weighted by Crippen LogP contribution is -2.51. The van der Waals surface area contributed by atoms with Crippen molar-refractivity contribution in [1.82, 2.24) is 10.2 Å². The van der Waals surface area contributed by atoms with Gasteiger partial charge in [0.25, 0.3) is 10.0 Å². The SMILES string of the molecule is CCCCNC(=O)C(C)N(Cc1cccc(Cl)c1)C(=O)CN(c1ccc(Cl)c(Cl)c1)S(=O)(=O)c1ccc(C)cc1. The second kappa shape index (κ2) is 14.2. The van der Waals surface area contributed by atoms with E-state index in [4.69, 9.17) is 34.8 Å². The molecule has 0 aromatic heterocycles. The van der Waals surface area contributed by atoms with Crippen molar-refractivity contribution in [3.63, 3.8) is 0 Å². The van der Waals surface area contributed by atoms with Gasteiger partial charge in [-0.3, -0.25) is 13.9 Å². The Morgan fingerprint density at radius 3 is 2.27 bits per heavy atom. The van der Waals surface area contributed by atoms with E-state index in [-0.39, 0.29) is 33.1 Å². The van der Waals surface area contributed by atoms with E-state index in [0.29, 0.717) is 17.1 Å². The highest BCUT2D eigenvalue weighted by molar-refractivity contribution is 7.92. The van der Waals surface area contributed by atoms with Gasteiger partial charge in [-0.1, -0.05) is 78.0 Å². The van der Waals surface area contributed by atoms with Gasteiger partial charge in [0.2, 0.25) is 11.8 Å². The summed E-state index contributed by atoms with van der Waals surface area (Å²) in [4.78, 5) is 28.3. The number of amides is 2. The van der Waals surface area contributed by atoms with Gasteiger partial charge in [-0.2, -0.15) is 0 Å². The molecule has 0 fully saturated rings. The van der Waals surface area contributed by atoms with Crippen LogP contribution < -0.4 is 9.62 Å². The maximum Gasteiger partial charge on any atom is 0.264 e. The quantitative estimate of drug-likeness (QED) is 0.234. The number of unbranched alkanes of at least 4 members (excludes halogenated alkanes) is 1.